The van der Waals surface area contributed by atoms with Gasteiger partial charge in [0.15, 0.2) is 0 Å². The molecular weight excluding hydrogens is 546 g/mol. The highest BCUT2D eigenvalue weighted by molar-refractivity contribution is 9.10. The van der Waals surface area contributed by atoms with Crippen LogP contribution in [0.4, 0.5) is 5.69 Å². The van der Waals surface area contributed by atoms with Crippen molar-refractivity contribution in [2.24, 2.45) is 5.41 Å². The summed E-state index contributed by atoms with van der Waals surface area (Å²) in [5.74, 6) is -0.0782. The minimum absolute atomic E-state index is 0.0151. The number of hydrogen-bond donors (Lipinski definition) is 1. The Morgan fingerprint density at radius 1 is 1.00 bits per heavy atom. The first-order chi connectivity index (χ1) is 18.3. The van der Waals surface area contributed by atoms with Crippen molar-refractivity contribution in [1.82, 2.24) is 0 Å². The Morgan fingerprint density at radius 2 is 1.64 bits per heavy atom. The van der Waals surface area contributed by atoms with Crippen LogP contribution in [-0.2, 0) is 15.8 Å². The molecule has 1 N–H and O–H groups in total. The Morgan fingerprint density at radius 3 is 2.23 bits per heavy atom. The average molecular weight is 599 g/mol. The minimum Gasteiger partial charge on any atom is -0.367 e. The quantitative estimate of drug-likeness (QED) is 0.220. The number of carbonyl (C=O) groups excluding carboxylic acids is 1. The summed E-state index contributed by atoms with van der Waals surface area (Å²) in [4.78, 5) is 13.5. The highest BCUT2D eigenvalue weighted by atomic mass is 79.9. The van der Waals surface area contributed by atoms with Crippen molar-refractivity contribution >= 4 is 27.5 Å². The van der Waals surface area contributed by atoms with Crippen LogP contribution >= 0.6 is 15.9 Å². The number of nitrogens with one attached hydrogen (secondary N) is 1. The van der Waals surface area contributed by atoms with Crippen molar-refractivity contribution in [3.05, 3.63) is 63.1 Å². The van der Waals surface area contributed by atoms with Gasteiger partial charge in [-0.2, -0.15) is 0 Å². The number of amides is 1. The highest BCUT2D eigenvalue weighted by Gasteiger charge is 2.39. The molecule has 1 aliphatic carbocycles. The van der Waals surface area contributed by atoms with Crippen LogP contribution in [0.15, 0.2) is 40.9 Å². The summed E-state index contributed by atoms with van der Waals surface area (Å²) in [6.45, 7) is 17.7. The molecule has 0 saturated heterocycles. The number of unbranched alkanes of at least 4 members (excludes halogenated alkanes) is 6. The monoisotopic (exact) mass is 597 g/mol. The summed E-state index contributed by atoms with van der Waals surface area (Å²) in [7, 11) is 0. The van der Waals surface area contributed by atoms with Gasteiger partial charge < -0.3 is 10.1 Å². The van der Waals surface area contributed by atoms with Crippen LogP contribution in [0.2, 0.25) is 0 Å². The molecule has 0 aromatic heterocycles. The third kappa shape index (κ3) is 8.67. The topological polar surface area (TPSA) is 38.3 Å². The molecule has 0 spiro atoms. The normalized spacial score (nSPS) is 15.7. The summed E-state index contributed by atoms with van der Waals surface area (Å²) >= 11 is 3.78. The smallest absolute Gasteiger partial charge is 0.255 e. The summed E-state index contributed by atoms with van der Waals surface area (Å²) in [6.07, 6.45) is 12.7. The maximum absolute atomic E-state index is 13.5. The van der Waals surface area contributed by atoms with E-state index in [0.29, 0.717) is 0 Å². The van der Waals surface area contributed by atoms with E-state index in [1.54, 1.807) is 0 Å². The molecule has 1 fully saturated rings. The summed E-state index contributed by atoms with van der Waals surface area (Å²) < 4.78 is 7.89. The molecule has 0 radical (unpaired) electrons. The van der Waals surface area contributed by atoms with Crippen LogP contribution in [-0.4, -0.2) is 12.0 Å². The van der Waals surface area contributed by atoms with Crippen LogP contribution in [0.25, 0.3) is 0 Å². The maximum atomic E-state index is 13.5. The number of anilines is 1. The van der Waals surface area contributed by atoms with Gasteiger partial charge in [0.25, 0.3) is 5.91 Å². The fourth-order valence-electron chi connectivity index (χ4n) is 5.57. The molecule has 2 aromatic carbocycles. The van der Waals surface area contributed by atoms with Gasteiger partial charge in [0.2, 0.25) is 0 Å². The van der Waals surface area contributed by atoms with Crippen molar-refractivity contribution in [3.8, 4) is 0 Å². The first-order valence-corrected chi connectivity index (χ1v) is 16.0. The van der Waals surface area contributed by atoms with Gasteiger partial charge in [0.05, 0.1) is 11.7 Å². The zero-order valence-electron chi connectivity index (χ0n) is 25.8. The molecule has 1 amide bonds. The van der Waals surface area contributed by atoms with Gasteiger partial charge in [0.1, 0.15) is 0 Å². The van der Waals surface area contributed by atoms with Gasteiger partial charge >= 0.3 is 0 Å². The number of ether oxygens (including phenoxy) is 1. The van der Waals surface area contributed by atoms with E-state index in [4.69, 9.17) is 4.74 Å². The summed E-state index contributed by atoms with van der Waals surface area (Å²) in [5, 5.41) is 3.23. The van der Waals surface area contributed by atoms with Crippen molar-refractivity contribution in [1.29, 1.82) is 0 Å². The van der Waals surface area contributed by atoms with E-state index in [1.807, 2.05) is 31.2 Å². The van der Waals surface area contributed by atoms with Crippen molar-refractivity contribution in [2.45, 2.75) is 137 Å². The third-order valence-electron chi connectivity index (χ3n) is 8.50. The van der Waals surface area contributed by atoms with E-state index in [2.05, 4.69) is 81.8 Å². The minimum atomic E-state index is -0.596. The lowest BCUT2D eigenvalue weighted by molar-refractivity contribution is -0.122. The first kappa shape index (κ1) is 31.9. The van der Waals surface area contributed by atoms with Crippen LogP contribution in [0.3, 0.4) is 0 Å². The Labute approximate surface area is 247 Å². The summed E-state index contributed by atoms with van der Waals surface area (Å²) in [6, 6.07) is 12.3. The molecule has 216 valence electrons. The van der Waals surface area contributed by atoms with Crippen LogP contribution in [0, 0.1) is 12.3 Å². The third-order valence-corrected chi connectivity index (χ3v) is 9.17. The molecule has 0 aliphatic heterocycles. The second-order valence-electron chi connectivity index (χ2n) is 13.6. The maximum Gasteiger partial charge on any atom is 0.255 e. The van der Waals surface area contributed by atoms with E-state index >= 15 is 0 Å². The second kappa shape index (κ2) is 13.3. The van der Waals surface area contributed by atoms with E-state index in [-0.39, 0.29) is 22.8 Å². The number of carbonyl (C=O) groups is 1. The van der Waals surface area contributed by atoms with Gasteiger partial charge in [-0.3, -0.25) is 4.79 Å². The number of rotatable bonds is 14. The van der Waals surface area contributed by atoms with E-state index in [9.17, 15) is 4.79 Å². The predicted octanol–water partition coefficient (Wildman–Crippen LogP) is 10.9. The SMILES string of the molecule is CCCCCCCCCC(OC(C)(C)c1c(Br)cccc1NC(=O)c1ccc(C2(C)CC2)cc1C)C(C)(C)C. The first-order valence-electron chi connectivity index (χ1n) is 15.2. The van der Waals surface area contributed by atoms with Crippen LogP contribution in [0.5, 0.6) is 0 Å². The molecule has 39 heavy (non-hydrogen) atoms. The Balaban J connectivity index is 1.75. The highest BCUT2D eigenvalue weighted by Crippen LogP contribution is 2.48. The van der Waals surface area contributed by atoms with E-state index in [0.717, 1.165) is 33.3 Å². The van der Waals surface area contributed by atoms with Gasteiger partial charge in [-0.25, -0.2) is 0 Å². The number of benzene rings is 2. The molecule has 0 bridgehead atoms. The van der Waals surface area contributed by atoms with E-state index in [1.165, 1.54) is 63.4 Å². The molecule has 3 rings (SSSR count). The van der Waals surface area contributed by atoms with Gasteiger partial charge in [-0.15, -0.1) is 0 Å². The average Bonchev–Trinajstić information content (AvgIpc) is 3.60. The lowest BCUT2D eigenvalue weighted by atomic mass is 9.84. The molecule has 4 heteroatoms. The Kier molecular flexibility index (Phi) is 10.9. The largest absolute Gasteiger partial charge is 0.367 e. The standard InChI is InChI=1S/C35H52BrNO2/c1-9-10-11-12-13-14-15-19-30(33(3,4)5)39-34(6,7)31-28(36)17-16-18-29(31)37-32(38)27-21-20-26(24-25(27)2)35(8)22-23-35/h16-18,20-21,24,30H,9-15,19,22-23H2,1-8H3,(H,37,38). The Bertz CT molecular complexity index is 1110. The fourth-order valence-corrected chi connectivity index (χ4v) is 6.41. The predicted molar refractivity (Wildman–Crippen MR) is 170 cm³/mol. The Hall–Kier alpha value is -1.65. The van der Waals surface area contributed by atoms with Gasteiger partial charge in [-0.05, 0) is 80.2 Å². The van der Waals surface area contributed by atoms with Crippen molar-refractivity contribution < 1.29 is 9.53 Å². The lowest BCUT2D eigenvalue weighted by Crippen LogP contribution is -2.37. The van der Waals surface area contributed by atoms with Gasteiger partial charge in [-0.1, -0.05) is 114 Å². The van der Waals surface area contributed by atoms with Gasteiger partial charge in [0, 0.05) is 21.3 Å². The second-order valence-corrected chi connectivity index (χ2v) is 14.5. The molecule has 0 heterocycles. The number of halogens is 1. The number of aryl methyl sites for hydroxylation is 1. The van der Waals surface area contributed by atoms with Crippen LogP contribution in [0.1, 0.15) is 140 Å². The molecule has 1 atom stereocenters. The zero-order chi connectivity index (χ0) is 28.8. The number of hydrogen-bond acceptors (Lipinski definition) is 2. The lowest BCUT2D eigenvalue weighted by Gasteiger charge is -2.39. The summed E-state index contributed by atoms with van der Waals surface area (Å²) in [5.41, 5.74) is 4.56. The van der Waals surface area contributed by atoms with Crippen LogP contribution < -0.4 is 5.32 Å². The molecule has 1 unspecified atom stereocenters. The molecule has 2 aromatic rings. The molecular formula is C35H52BrNO2. The fraction of sp³-hybridized carbons (Fsp3) is 0.629. The molecule has 3 nitrogen and oxygen atoms in total. The molecule has 1 aliphatic rings. The van der Waals surface area contributed by atoms with E-state index < -0.39 is 5.60 Å². The van der Waals surface area contributed by atoms with Crippen molar-refractivity contribution in [2.75, 3.05) is 5.32 Å². The van der Waals surface area contributed by atoms with Crippen molar-refractivity contribution in [3.63, 3.8) is 0 Å². The molecule has 1 saturated carbocycles. The zero-order valence-corrected chi connectivity index (χ0v) is 27.4.